The van der Waals surface area contributed by atoms with Crippen molar-refractivity contribution in [2.24, 2.45) is 0 Å². The summed E-state index contributed by atoms with van der Waals surface area (Å²) in [5, 5.41) is 0. The highest BCUT2D eigenvalue weighted by Gasteiger charge is 2.24. The standard InChI is InChI=1S/C19H19Br/c1-11-7-12(2)19(13(3)8-11)18-10-15-9-16(20)5-6-17(15)14(18)4/h5-10,14H,1-4H3. The number of fused-ring (bicyclic) bond motifs is 1. The van der Waals surface area contributed by atoms with Crippen LogP contribution in [0.25, 0.3) is 11.6 Å². The number of allylic oxidation sites excluding steroid dienone is 1. The van der Waals surface area contributed by atoms with Crippen LogP contribution in [0, 0.1) is 20.8 Å². The van der Waals surface area contributed by atoms with Gasteiger partial charge in [0.25, 0.3) is 0 Å². The molecule has 3 rings (SSSR count). The molecule has 0 saturated heterocycles. The van der Waals surface area contributed by atoms with Crippen LogP contribution >= 0.6 is 15.9 Å². The van der Waals surface area contributed by atoms with Gasteiger partial charge in [0, 0.05) is 10.4 Å². The van der Waals surface area contributed by atoms with E-state index >= 15 is 0 Å². The molecule has 0 heterocycles. The van der Waals surface area contributed by atoms with Crippen LogP contribution in [0.3, 0.4) is 0 Å². The number of benzene rings is 2. The average Bonchev–Trinajstić information content (AvgIpc) is 2.65. The summed E-state index contributed by atoms with van der Waals surface area (Å²) >= 11 is 3.57. The minimum absolute atomic E-state index is 0.471. The third-order valence-electron chi connectivity index (χ3n) is 4.26. The maximum Gasteiger partial charge on any atom is 0.0181 e. The van der Waals surface area contributed by atoms with Gasteiger partial charge < -0.3 is 0 Å². The van der Waals surface area contributed by atoms with E-state index in [9.17, 15) is 0 Å². The molecule has 1 heteroatoms. The molecule has 0 aromatic heterocycles. The zero-order valence-electron chi connectivity index (χ0n) is 12.4. The van der Waals surface area contributed by atoms with Crippen LogP contribution in [0.5, 0.6) is 0 Å². The first kappa shape index (κ1) is 13.6. The highest BCUT2D eigenvalue weighted by atomic mass is 79.9. The van der Waals surface area contributed by atoms with Gasteiger partial charge in [-0.2, -0.15) is 0 Å². The second kappa shape index (κ2) is 4.89. The Balaban J connectivity index is 2.16. The van der Waals surface area contributed by atoms with Crippen molar-refractivity contribution in [3.63, 3.8) is 0 Å². The zero-order chi connectivity index (χ0) is 14.4. The smallest absolute Gasteiger partial charge is 0.0181 e. The third-order valence-corrected chi connectivity index (χ3v) is 4.75. The largest absolute Gasteiger partial charge is 0.0567 e. The van der Waals surface area contributed by atoms with Crippen molar-refractivity contribution in [1.82, 2.24) is 0 Å². The third kappa shape index (κ3) is 2.14. The lowest BCUT2D eigenvalue weighted by atomic mass is 9.87. The van der Waals surface area contributed by atoms with E-state index in [1.165, 1.54) is 39.0 Å². The van der Waals surface area contributed by atoms with Crippen molar-refractivity contribution in [2.75, 3.05) is 0 Å². The van der Waals surface area contributed by atoms with Crippen molar-refractivity contribution in [3.8, 4) is 0 Å². The average molecular weight is 327 g/mol. The second-order valence-corrected chi connectivity index (χ2v) is 6.78. The fourth-order valence-electron chi connectivity index (χ4n) is 3.45. The molecule has 1 unspecified atom stereocenters. The van der Waals surface area contributed by atoms with E-state index < -0.39 is 0 Å². The van der Waals surface area contributed by atoms with Crippen LogP contribution in [-0.4, -0.2) is 0 Å². The molecule has 0 spiro atoms. The molecule has 0 bridgehead atoms. The summed E-state index contributed by atoms with van der Waals surface area (Å²) in [7, 11) is 0. The molecule has 0 aliphatic heterocycles. The normalized spacial score (nSPS) is 17.1. The highest BCUT2D eigenvalue weighted by Crippen LogP contribution is 2.44. The molecule has 2 aromatic rings. The first-order valence-corrected chi connectivity index (χ1v) is 7.86. The van der Waals surface area contributed by atoms with Gasteiger partial charge in [-0.05, 0) is 66.3 Å². The summed E-state index contributed by atoms with van der Waals surface area (Å²) in [4.78, 5) is 0. The number of halogens is 1. The fraction of sp³-hybridized carbons (Fsp3) is 0.263. The van der Waals surface area contributed by atoms with Crippen molar-refractivity contribution in [1.29, 1.82) is 0 Å². The van der Waals surface area contributed by atoms with Crippen molar-refractivity contribution < 1.29 is 0 Å². The first-order chi connectivity index (χ1) is 9.47. The number of hydrogen-bond donors (Lipinski definition) is 0. The molecule has 0 saturated carbocycles. The van der Waals surface area contributed by atoms with Gasteiger partial charge in [-0.25, -0.2) is 0 Å². The molecule has 1 atom stereocenters. The summed E-state index contributed by atoms with van der Waals surface area (Å²) in [5.74, 6) is 0.471. The first-order valence-electron chi connectivity index (χ1n) is 7.06. The molecule has 0 fully saturated rings. The summed E-state index contributed by atoms with van der Waals surface area (Å²) < 4.78 is 1.15. The Bertz CT molecular complexity index is 700. The molecule has 0 N–H and O–H groups in total. The van der Waals surface area contributed by atoms with E-state index in [-0.39, 0.29) is 0 Å². The number of rotatable bonds is 1. The zero-order valence-corrected chi connectivity index (χ0v) is 14.0. The quantitative estimate of drug-likeness (QED) is 0.600. The Morgan fingerprint density at radius 1 is 0.950 bits per heavy atom. The van der Waals surface area contributed by atoms with Crippen LogP contribution in [0.2, 0.25) is 0 Å². The van der Waals surface area contributed by atoms with Crippen LogP contribution in [0.1, 0.15) is 46.2 Å². The minimum atomic E-state index is 0.471. The highest BCUT2D eigenvalue weighted by molar-refractivity contribution is 9.10. The van der Waals surface area contributed by atoms with E-state index in [0.29, 0.717) is 5.92 Å². The topological polar surface area (TPSA) is 0 Å². The Kier molecular flexibility index (Phi) is 3.33. The Morgan fingerprint density at radius 3 is 2.25 bits per heavy atom. The second-order valence-electron chi connectivity index (χ2n) is 5.87. The van der Waals surface area contributed by atoms with Gasteiger partial charge in [0.15, 0.2) is 0 Å². The Labute approximate surface area is 129 Å². The SMILES string of the molecule is Cc1cc(C)c(C2=Cc3cc(Br)ccc3C2C)c(C)c1. The lowest BCUT2D eigenvalue weighted by Gasteiger charge is -2.17. The van der Waals surface area contributed by atoms with Gasteiger partial charge in [0.1, 0.15) is 0 Å². The molecule has 20 heavy (non-hydrogen) atoms. The molecular formula is C19H19Br. The number of hydrogen-bond acceptors (Lipinski definition) is 0. The maximum atomic E-state index is 3.57. The summed E-state index contributed by atoms with van der Waals surface area (Å²) in [6.45, 7) is 8.93. The summed E-state index contributed by atoms with van der Waals surface area (Å²) in [5.41, 5.74) is 9.77. The van der Waals surface area contributed by atoms with Crippen LogP contribution < -0.4 is 0 Å². The summed E-state index contributed by atoms with van der Waals surface area (Å²) in [6.07, 6.45) is 2.36. The van der Waals surface area contributed by atoms with E-state index in [4.69, 9.17) is 0 Å². The lowest BCUT2D eigenvalue weighted by Crippen LogP contribution is -1.98. The van der Waals surface area contributed by atoms with Crippen molar-refractivity contribution >= 4 is 27.6 Å². The Morgan fingerprint density at radius 2 is 1.60 bits per heavy atom. The number of aryl methyl sites for hydroxylation is 3. The monoisotopic (exact) mass is 326 g/mol. The van der Waals surface area contributed by atoms with Gasteiger partial charge >= 0.3 is 0 Å². The van der Waals surface area contributed by atoms with E-state index in [2.05, 4.69) is 80.0 Å². The predicted octanol–water partition coefficient (Wildman–Crippen LogP) is 6.03. The van der Waals surface area contributed by atoms with Gasteiger partial charge in [0.2, 0.25) is 0 Å². The van der Waals surface area contributed by atoms with Crippen LogP contribution in [0.4, 0.5) is 0 Å². The molecule has 0 nitrogen and oxygen atoms in total. The van der Waals surface area contributed by atoms with E-state index in [1.54, 1.807) is 0 Å². The Hall–Kier alpha value is -1.34. The van der Waals surface area contributed by atoms with Gasteiger partial charge in [0.05, 0.1) is 0 Å². The van der Waals surface area contributed by atoms with Gasteiger partial charge in [-0.3, -0.25) is 0 Å². The van der Waals surface area contributed by atoms with Crippen LogP contribution in [-0.2, 0) is 0 Å². The lowest BCUT2D eigenvalue weighted by molar-refractivity contribution is 1.00. The van der Waals surface area contributed by atoms with E-state index in [0.717, 1.165) is 4.47 Å². The molecule has 0 radical (unpaired) electrons. The molecular weight excluding hydrogens is 308 g/mol. The molecule has 102 valence electrons. The predicted molar refractivity (Wildman–Crippen MR) is 91.1 cm³/mol. The van der Waals surface area contributed by atoms with E-state index in [1.807, 2.05) is 0 Å². The molecule has 2 aromatic carbocycles. The minimum Gasteiger partial charge on any atom is -0.0567 e. The molecule has 0 amide bonds. The maximum absolute atomic E-state index is 3.57. The summed E-state index contributed by atoms with van der Waals surface area (Å²) in [6, 6.07) is 11.2. The van der Waals surface area contributed by atoms with Crippen molar-refractivity contribution in [2.45, 2.75) is 33.6 Å². The molecule has 1 aliphatic rings. The molecule has 1 aliphatic carbocycles. The van der Waals surface area contributed by atoms with Crippen LogP contribution in [0.15, 0.2) is 34.8 Å². The van der Waals surface area contributed by atoms with Gasteiger partial charge in [-0.1, -0.05) is 52.7 Å². The fourth-order valence-corrected chi connectivity index (χ4v) is 3.83. The van der Waals surface area contributed by atoms with Gasteiger partial charge in [-0.15, -0.1) is 0 Å². The van der Waals surface area contributed by atoms with Crippen molar-refractivity contribution in [3.05, 3.63) is 68.2 Å².